The highest BCUT2D eigenvalue weighted by molar-refractivity contribution is 7.89. The van der Waals surface area contributed by atoms with Crippen LogP contribution in [0.3, 0.4) is 0 Å². The average Bonchev–Trinajstić information content (AvgIpc) is 2.93. The fourth-order valence-corrected chi connectivity index (χ4v) is 4.85. The molecule has 0 aromatic heterocycles. The first-order chi connectivity index (χ1) is 20.2. The molecule has 0 heterocycles. The zero-order valence-electron chi connectivity index (χ0n) is 24.9. The molecule has 0 spiro atoms. The Morgan fingerprint density at radius 3 is 2.02 bits per heavy atom. The third kappa shape index (κ3) is 8.14. The molecular weight excluding hydrogens is 566 g/mol. The van der Waals surface area contributed by atoms with Crippen molar-refractivity contribution in [3.05, 3.63) is 102 Å². The number of ether oxygens (including phenoxy) is 2. The predicted octanol–water partition coefficient (Wildman–Crippen LogP) is 7.09. The number of aryl methyl sites for hydroxylation is 1. The SMILES string of the molecule is COc1ccc(-c2ccc(Oc3ccccc3C(C)(C)C)c(NC(=O)Nc3ccc(C)cc3)c2)cc1C(=O)NS(C)(=O)=O. The van der Waals surface area contributed by atoms with Crippen LogP contribution in [0.1, 0.15) is 42.3 Å². The molecule has 4 aromatic carbocycles. The maximum Gasteiger partial charge on any atom is 0.323 e. The summed E-state index contributed by atoms with van der Waals surface area (Å²) in [5.74, 6) is 0.437. The Balaban J connectivity index is 1.75. The van der Waals surface area contributed by atoms with E-state index in [1.165, 1.54) is 13.2 Å². The van der Waals surface area contributed by atoms with Crippen molar-refractivity contribution in [1.29, 1.82) is 0 Å². The Bertz CT molecular complexity index is 1760. The van der Waals surface area contributed by atoms with Crippen LogP contribution in [-0.2, 0) is 15.4 Å². The lowest BCUT2D eigenvalue weighted by atomic mass is 9.86. The molecule has 4 rings (SSSR count). The van der Waals surface area contributed by atoms with Crippen molar-refractivity contribution in [2.75, 3.05) is 24.0 Å². The molecular formula is C33H35N3O6S. The van der Waals surface area contributed by atoms with Crippen LogP contribution in [0.5, 0.6) is 17.2 Å². The highest BCUT2D eigenvalue weighted by Crippen LogP contribution is 2.39. The van der Waals surface area contributed by atoms with Crippen LogP contribution in [0.25, 0.3) is 11.1 Å². The van der Waals surface area contributed by atoms with Gasteiger partial charge in [0.1, 0.15) is 11.5 Å². The van der Waals surface area contributed by atoms with Crippen molar-refractivity contribution in [1.82, 2.24) is 4.72 Å². The number of rotatable bonds is 8. The largest absolute Gasteiger partial charge is 0.496 e. The molecule has 0 aliphatic rings. The Morgan fingerprint density at radius 2 is 1.40 bits per heavy atom. The van der Waals surface area contributed by atoms with Crippen LogP contribution >= 0.6 is 0 Å². The first-order valence-electron chi connectivity index (χ1n) is 13.5. The number of benzene rings is 4. The van der Waals surface area contributed by atoms with Crippen molar-refractivity contribution in [2.24, 2.45) is 0 Å². The quantitative estimate of drug-likeness (QED) is 0.198. The van der Waals surface area contributed by atoms with Gasteiger partial charge in [-0.05, 0) is 65.9 Å². The fraction of sp³-hybridized carbons (Fsp3) is 0.212. The van der Waals surface area contributed by atoms with Crippen LogP contribution < -0.4 is 24.8 Å². The lowest BCUT2D eigenvalue weighted by Crippen LogP contribution is -2.29. The number of nitrogens with one attached hydrogen (secondary N) is 3. The van der Waals surface area contributed by atoms with E-state index in [4.69, 9.17) is 9.47 Å². The molecule has 224 valence electrons. The number of hydrogen-bond acceptors (Lipinski definition) is 6. The molecule has 0 aliphatic carbocycles. The number of urea groups is 1. The second-order valence-corrected chi connectivity index (χ2v) is 12.9. The Morgan fingerprint density at radius 1 is 0.767 bits per heavy atom. The third-order valence-electron chi connectivity index (χ3n) is 6.51. The van der Waals surface area contributed by atoms with Gasteiger partial charge in [0.2, 0.25) is 10.0 Å². The van der Waals surface area contributed by atoms with E-state index in [0.717, 1.165) is 17.4 Å². The molecule has 0 atom stereocenters. The van der Waals surface area contributed by atoms with E-state index in [1.54, 1.807) is 30.3 Å². The van der Waals surface area contributed by atoms with Crippen molar-refractivity contribution >= 4 is 33.3 Å². The molecule has 0 saturated heterocycles. The Hall–Kier alpha value is -4.83. The highest BCUT2D eigenvalue weighted by atomic mass is 32.2. The molecule has 0 bridgehead atoms. The molecule has 0 radical (unpaired) electrons. The third-order valence-corrected chi connectivity index (χ3v) is 7.06. The molecule has 0 fully saturated rings. The molecule has 0 unspecified atom stereocenters. The highest BCUT2D eigenvalue weighted by Gasteiger charge is 2.21. The van der Waals surface area contributed by atoms with Gasteiger partial charge in [-0.1, -0.05) is 68.8 Å². The summed E-state index contributed by atoms with van der Waals surface area (Å²) in [5.41, 5.74) is 4.12. The Labute approximate surface area is 252 Å². The number of carbonyl (C=O) groups excluding carboxylic acids is 2. The maximum atomic E-state index is 13.1. The van der Waals surface area contributed by atoms with E-state index >= 15 is 0 Å². The van der Waals surface area contributed by atoms with Gasteiger partial charge in [0, 0.05) is 11.3 Å². The summed E-state index contributed by atoms with van der Waals surface area (Å²) in [5, 5.41) is 5.73. The number of para-hydroxylation sites is 1. The van der Waals surface area contributed by atoms with Crippen molar-refractivity contribution in [3.63, 3.8) is 0 Å². The van der Waals surface area contributed by atoms with E-state index < -0.39 is 22.0 Å². The topological polar surface area (TPSA) is 123 Å². The maximum absolute atomic E-state index is 13.1. The standard InChI is InChI=1S/C33H35N3O6S/c1-21-11-15-24(16-12-21)34-32(38)35-27-20-23(14-18-30(27)42-29-10-8-7-9-26(29)33(2,3)4)22-13-17-28(41-5)25(19-22)31(37)36-43(6,39)40/h7-20H,1-6H3,(H,36,37)(H2,34,35,38). The molecule has 9 nitrogen and oxygen atoms in total. The number of hydrogen-bond donors (Lipinski definition) is 3. The van der Waals surface area contributed by atoms with Gasteiger partial charge < -0.3 is 20.1 Å². The minimum atomic E-state index is -3.80. The van der Waals surface area contributed by atoms with Crippen molar-refractivity contribution in [3.8, 4) is 28.4 Å². The van der Waals surface area contributed by atoms with Gasteiger partial charge in [0.25, 0.3) is 5.91 Å². The lowest BCUT2D eigenvalue weighted by Gasteiger charge is -2.23. The van der Waals surface area contributed by atoms with E-state index in [1.807, 2.05) is 60.2 Å². The van der Waals surface area contributed by atoms with Gasteiger partial charge in [0.05, 0.1) is 24.6 Å². The van der Waals surface area contributed by atoms with Gasteiger partial charge >= 0.3 is 6.03 Å². The summed E-state index contributed by atoms with van der Waals surface area (Å²) in [6.07, 6.45) is 0.900. The van der Waals surface area contributed by atoms with Gasteiger partial charge in [-0.15, -0.1) is 0 Å². The molecule has 0 saturated carbocycles. The minimum Gasteiger partial charge on any atom is -0.496 e. The predicted molar refractivity (Wildman–Crippen MR) is 170 cm³/mol. The second kappa shape index (κ2) is 12.6. The minimum absolute atomic E-state index is 0.0384. The van der Waals surface area contributed by atoms with E-state index in [2.05, 4.69) is 31.4 Å². The molecule has 0 aliphatic heterocycles. The summed E-state index contributed by atoms with van der Waals surface area (Å²) in [4.78, 5) is 25.8. The fourth-order valence-electron chi connectivity index (χ4n) is 4.40. The number of carbonyl (C=O) groups is 2. The number of sulfonamides is 1. The lowest BCUT2D eigenvalue weighted by molar-refractivity contribution is 0.0978. The first kappa shape index (κ1) is 31.1. The number of methoxy groups -OCH3 is 1. The Kier molecular flexibility index (Phi) is 9.10. The van der Waals surface area contributed by atoms with E-state index in [9.17, 15) is 18.0 Å². The van der Waals surface area contributed by atoms with Gasteiger partial charge in [0.15, 0.2) is 5.75 Å². The zero-order chi connectivity index (χ0) is 31.4. The summed E-state index contributed by atoms with van der Waals surface area (Å²) in [6, 6.07) is 24.7. The summed E-state index contributed by atoms with van der Waals surface area (Å²) in [6.45, 7) is 8.23. The van der Waals surface area contributed by atoms with E-state index in [-0.39, 0.29) is 16.7 Å². The molecule has 3 amide bonds. The first-order valence-corrected chi connectivity index (χ1v) is 15.4. The van der Waals surface area contributed by atoms with Crippen LogP contribution in [0, 0.1) is 6.92 Å². The van der Waals surface area contributed by atoms with Gasteiger partial charge in [-0.3, -0.25) is 4.79 Å². The number of anilines is 2. The average molecular weight is 602 g/mol. The normalized spacial score (nSPS) is 11.4. The van der Waals surface area contributed by atoms with Gasteiger partial charge in [-0.25, -0.2) is 17.9 Å². The molecule has 3 N–H and O–H groups in total. The second-order valence-electron chi connectivity index (χ2n) is 11.1. The smallest absolute Gasteiger partial charge is 0.323 e. The van der Waals surface area contributed by atoms with Gasteiger partial charge in [-0.2, -0.15) is 0 Å². The summed E-state index contributed by atoms with van der Waals surface area (Å²) in [7, 11) is -2.41. The molecule has 10 heteroatoms. The van der Waals surface area contributed by atoms with Crippen LogP contribution in [-0.4, -0.2) is 33.7 Å². The van der Waals surface area contributed by atoms with Crippen LogP contribution in [0.2, 0.25) is 0 Å². The summed E-state index contributed by atoms with van der Waals surface area (Å²) < 4.78 is 37.1. The molecule has 43 heavy (non-hydrogen) atoms. The van der Waals surface area contributed by atoms with Crippen LogP contribution in [0.4, 0.5) is 16.2 Å². The summed E-state index contributed by atoms with van der Waals surface area (Å²) >= 11 is 0. The number of amides is 3. The zero-order valence-corrected chi connectivity index (χ0v) is 25.8. The van der Waals surface area contributed by atoms with Crippen molar-refractivity contribution in [2.45, 2.75) is 33.1 Å². The van der Waals surface area contributed by atoms with E-state index in [0.29, 0.717) is 34.0 Å². The van der Waals surface area contributed by atoms with Crippen LogP contribution in [0.15, 0.2) is 84.9 Å². The molecule has 4 aromatic rings. The monoisotopic (exact) mass is 601 g/mol. The van der Waals surface area contributed by atoms with Crippen molar-refractivity contribution < 1.29 is 27.5 Å².